The highest BCUT2D eigenvalue weighted by Gasteiger charge is 2.43. The minimum absolute atomic E-state index is 0.0653. The first-order valence-corrected chi connectivity index (χ1v) is 11.4. The molecule has 3 rings (SSSR count). The van der Waals surface area contributed by atoms with Crippen LogP contribution in [0.1, 0.15) is 60.6 Å². The number of nitrogens with zero attached hydrogens (tertiary/aromatic N) is 3. The van der Waals surface area contributed by atoms with Crippen LogP contribution in [0.15, 0.2) is 9.59 Å². The van der Waals surface area contributed by atoms with Crippen molar-refractivity contribution in [2.24, 2.45) is 5.92 Å². The van der Waals surface area contributed by atoms with Crippen LogP contribution in [0.3, 0.4) is 0 Å². The smallest absolute Gasteiger partial charge is 0.332 e. The summed E-state index contributed by atoms with van der Waals surface area (Å²) < 4.78 is 19.1. The highest BCUT2D eigenvalue weighted by atomic mass is 16.6. The van der Waals surface area contributed by atoms with Crippen LogP contribution in [-0.2, 0) is 35.1 Å². The number of esters is 2. The maximum absolute atomic E-state index is 13.6. The third-order valence-corrected chi connectivity index (χ3v) is 5.86. The lowest BCUT2D eigenvalue weighted by molar-refractivity contribution is -0.152. The second-order valence-electron chi connectivity index (χ2n) is 8.79. The fourth-order valence-electron chi connectivity index (χ4n) is 4.23. The van der Waals surface area contributed by atoms with Gasteiger partial charge in [-0.25, -0.2) is 9.36 Å². The molecule has 5 atom stereocenters. The van der Waals surface area contributed by atoms with Crippen molar-refractivity contribution < 1.29 is 28.6 Å². The Morgan fingerprint density at radius 3 is 2.46 bits per heavy atom. The molecule has 35 heavy (non-hydrogen) atoms. The molecule has 0 saturated carbocycles. The predicted octanol–water partition coefficient (Wildman–Crippen LogP) is 1.06. The number of fused-ring (bicyclic) bond motifs is 1. The van der Waals surface area contributed by atoms with Gasteiger partial charge in [0.25, 0.3) is 5.56 Å². The monoisotopic (exact) mass is 493 g/mol. The highest BCUT2D eigenvalue weighted by Crippen LogP contribution is 2.36. The van der Waals surface area contributed by atoms with Gasteiger partial charge in [0.1, 0.15) is 12.2 Å². The van der Waals surface area contributed by atoms with Crippen molar-refractivity contribution in [2.75, 3.05) is 5.32 Å². The molecule has 0 bridgehead atoms. The highest BCUT2D eigenvalue weighted by molar-refractivity contribution is 5.87. The molecule has 0 unspecified atom stereocenters. The number of imidazole rings is 1. The first-order chi connectivity index (χ1) is 16.4. The largest absolute Gasteiger partial charge is 0.461 e. The first-order valence-electron chi connectivity index (χ1n) is 11.4. The van der Waals surface area contributed by atoms with Gasteiger partial charge in [-0.2, -0.15) is 4.98 Å². The van der Waals surface area contributed by atoms with E-state index in [1.54, 1.807) is 6.92 Å². The van der Waals surface area contributed by atoms with Crippen LogP contribution >= 0.6 is 0 Å². The molecule has 13 nitrogen and oxygen atoms in total. The second kappa shape index (κ2) is 10.4. The summed E-state index contributed by atoms with van der Waals surface area (Å²) in [6, 6.07) is 0. The second-order valence-corrected chi connectivity index (χ2v) is 8.79. The van der Waals surface area contributed by atoms with E-state index in [0.717, 1.165) is 15.6 Å². The van der Waals surface area contributed by atoms with Crippen molar-refractivity contribution >= 4 is 35.0 Å². The average Bonchev–Trinajstić information content (AvgIpc) is 3.24. The zero-order valence-electron chi connectivity index (χ0n) is 20.6. The van der Waals surface area contributed by atoms with Gasteiger partial charge in [0.2, 0.25) is 11.9 Å². The van der Waals surface area contributed by atoms with Gasteiger partial charge in [0, 0.05) is 27.2 Å². The fourth-order valence-corrected chi connectivity index (χ4v) is 4.23. The maximum Gasteiger partial charge on any atom is 0.332 e. The number of amides is 1. The fraction of sp³-hybridized carbons (Fsp3) is 0.636. The van der Waals surface area contributed by atoms with Crippen LogP contribution in [0.25, 0.3) is 11.2 Å². The number of carbonyl (C=O) groups is 3. The van der Waals surface area contributed by atoms with Crippen molar-refractivity contribution in [3.8, 4) is 0 Å². The number of hydrogen-bond donors (Lipinski definition) is 2. The topological polar surface area (TPSA) is 164 Å². The van der Waals surface area contributed by atoms with Gasteiger partial charge in [-0.1, -0.05) is 20.3 Å². The van der Waals surface area contributed by atoms with E-state index in [9.17, 15) is 24.0 Å². The molecule has 13 heteroatoms. The van der Waals surface area contributed by atoms with E-state index in [1.165, 1.54) is 20.8 Å². The molecule has 1 amide bonds. The maximum atomic E-state index is 13.6. The van der Waals surface area contributed by atoms with E-state index in [2.05, 4.69) is 15.3 Å². The average molecular weight is 494 g/mol. The Hall–Kier alpha value is -3.48. The van der Waals surface area contributed by atoms with Gasteiger partial charge in [0.05, 0.1) is 12.6 Å². The molecule has 0 aromatic carbocycles. The van der Waals surface area contributed by atoms with Gasteiger partial charge < -0.3 is 14.2 Å². The summed E-state index contributed by atoms with van der Waals surface area (Å²) in [5.41, 5.74) is -1.51. The van der Waals surface area contributed by atoms with Crippen LogP contribution in [0.2, 0.25) is 0 Å². The quantitative estimate of drug-likeness (QED) is 0.512. The SMILES string of the molecule is CC[C@H](C)[C@@H]1C[C@@H](OC(C)=O)[C@H](n2c(=O)n(C[C@H](C)OC(C)=O)c3c(=O)[nH]c(NC(C)=O)nc32)O1. The number of carbonyl (C=O) groups excluding carboxylic acids is 3. The van der Waals surface area contributed by atoms with Crippen molar-refractivity contribution in [3.05, 3.63) is 20.8 Å². The molecule has 0 spiro atoms. The molecule has 2 aromatic rings. The Morgan fingerprint density at radius 2 is 1.89 bits per heavy atom. The molecular weight excluding hydrogens is 462 g/mol. The third kappa shape index (κ3) is 5.61. The van der Waals surface area contributed by atoms with Gasteiger partial charge in [-0.05, 0) is 12.8 Å². The summed E-state index contributed by atoms with van der Waals surface area (Å²) in [5, 5.41) is 2.40. The number of aromatic nitrogens is 4. The van der Waals surface area contributed by atoms with Gasteiger partial charge in [-0.3, -0.25) is 34.0 Å². The molecule has 1 fully saturated rings. The molecule has 1 saturated heterocycles. The van der Waals surface area contributed by atoms with Crippen LogP contribution in [0.5, 0.6) is 0 Å². The lowest BCUT2D eigenvalue weighted by Gasteiger charge is -2.20. The van der Waals surface area contributed by atoms with E-state index < -0.39 is 47.5 Å². The first kappa shape index (κ1) is 26.1. The minimum atomic E-state index is -1.06. The van der Waals surface area contributed by atoms with Gasteiger partial charge >= 0.3 is 17.6 Å². The summed E-state index contributed by atoms with van der Waals surface area (Å²) in [6.07, 6.45) is -1.76. The number of nitrogens with one attached hydrogen (secondary N) is 2. The molecule has 192 valence electrons. The van der Waals surface area contributed by atoms with Crippen LogP contribution in [0.4, 0.5) is 5.95 Å². The van der Waals surface area contributed by atoms with Crippen LogP contribution in [0, 0.1) is 5.92 Å². The van der Waals surface area contributed by atoms with Gasteiger partial charge in [0.15, 0.2) is 17.4 Å². The molecule has 0 radical (unpaired) electrons. The number of H-pyrrole nitrogens is 1. The number of hydrogen-bond acceptors (Lipinski definition) is 9. The summed E-state index contributed by atoms with van der Waals surface area (Å²) in [7, 11) is 0. The van der Waals surface area contributed by atoms with Gasteiger partial charge in [-0.15, -0.1) is 0 Å². The third-order valence-electron chi connectivity index (χ3n) is 5.86. The minimum Gasteiger partial charge on any atom is -0.461 e. The van der Waals surface area contributed by atoms with Crippen molar-refractivity contribution in [2.45, 2.75) is 85.5 Å². The van der Waals surface area contributed by atoms with E-state index in [-0.39, 0.29) is 35.7 Å². The van der Waals surface area contributed by atoms with E-state index in [4.69, 9.17) is 14.2 Å². The number of rotatable bonds is 8. The number of ether oxygens (including phenoxy) is 3. The van der Waals surface area contributed by atoms with Crippen LogP contribution < -0.4 is 16.6 Å². The Kier molecular flexibility index (Phi) is 7.78. The van der Waals surface area contributed by atoms with Crippen molar-refractivity contribution in [1.82, 2.24) is 19.1 Å². The predicted molar refractivity (Wildman–Crippen MR) is 124 cm³/mol. The molecule has 2 N–H and O–H groups in total. The molecule has 1 aliphatic rings. The van der Waals surface area contributed by atoms with E-state index >= 15 is 0 Å². The molecule has 2 aromatic heterocycles. The van der Waals surface area contributed by atoms with E-state index in [0.29, 0.717) is 6.42 Å². The number of aromatic amines is 1. The Bertz CT molecular complexity index is 1240. The zero-order chi connectivity index (χ0) is 26.0. The standard InChI is InChI=1S/C22H31N5O8/c1-7-10(2)15-8-16(34-14(6)30)20(35-15)27-18-17(19(31)25-21(24-18)23-12(4)28)26(22(27)32)9-11(3)33-13(5)29/h10-11,15-16,20H,7-9H2,1-6H3,(H2,23,24,25,28,31)/t10-,11-,15-,16+,20+/m0/s1. The molecule has 1 aliphatic heterocycles. The Morgan fingerprint density at radius 1 is 1.20 bits per heavy atom. The lowest BCUT2D eigenvalue weighted by atomic mass is 9.99. The summed E-state index contributed by atoms with van der Waals surface area (Å²) in [6.45, 7) is 9.18. The molecule has 0 aliphatic carbocycles. The molecular formula is C22H31N5O8. The summed E-state index contributed by atoms with van der Waals surface area (Å²) >= 11 is 0. The normalized spacial score (nSPS) is 21.5. The van der Waals surface area contributed by atoms with Crippen molar-refractivity contribution in [3.63, 3.8) is 0 Å². The Labute approximate surface area is 200 Å². The zero-order valence-corrected chi connectivity index (χ0v) is 20.6. The van der Waals surface area contributed by atoms with E-state index in [1.807, 2.05) is 13.8 Å². The lowest BCUT2D eigenvalue weighted by Crippen LogP contribution is -2.35. The number of anilines is 1. The summed E-state index contributed by atoms with van der Waals surface area (Å²) in [5.74, 6) is -1.61. The van der Waals surface area contributed by atoms with Crippen molar-refractivity contribution in [1.29, 1.82) is 0 Å². The van der Waals surface area contributed by atoms with Crippen LogP contribution in [-0.4, -0.2) is 55.3 Å². The molecule has 3 heterocycles. The summed E-state index contributed by atoms with van der Waals surface area (Å²) in [4.78, 5) is 68.2. The Balaban J connectivity index is 2.23.